The van der Waals surface area contributed by atoms with Gasteiger partial charge in [0.05, 0.1) is 0 Å². The normalized spacial score (nSPS) is 12.2. The highest BCUT2D eigenvalue weighted by Gasteiger charge is 2.25. The standard InChI is InChI=1S/C21H42N2O/c1-3-5-6-7-8-9-10-11-12-13-14-15-16-17-18-19-20(24)21(22,23)4-2/h11-12H,3-10,13-19,22-23H2,1-2H3/b12-11-. The molecule has 24 heavy (non-hydrogen) atoms. The summed E-state index contributed by atoms with van der Waals surface area (Å²) in [6, 6.07) is 0. The fourth-order valence-electron chi connectivity index (χ4n) is 2.79. The maximum Gasteiger partial charge on any atom is 0.166 e. The molecule has 3 nitrogen and oxygen atoms in total. The van der Waals surface area contributed by atoms with E-state index in [0.29, 0.717) is 12.8 Å². The Bertz CT molecular complexity index is 324. The number of carbonyl (C=O) groups is 1. The highest BCUT2D eigenvalue weighted by molar-refractivity contribution is 5.87. The van der Waals surface area contributed by atoms with Crippen molar-refractivity contribution < 1.29 is 4.79 Å². The Hall–Kier alpha value is -0.670. The van der Waals surface area contributed by atoms with Crippen LogP contribution in [0.15, 0.2) is 12.2 Å². The first kappa shape index (κ1) is 23.3. The number of Topliss-reactive ketones (excluding diaryl/α,β-unsaturated/α-hetero) is 1. The molecule has 0 amide bonds. The lowest BCUT2D eigenvalue weighted by Gasteiger charge is -2.20. The molecule has 0 atom stereocenters. The molecule has 142 valence electrons. The highest BCUT2D eigenvalue weighted by Crippen LogP contribution is 2.12. The molecule has 0 aromatic carbocycles. The fraction of sp³-hybridized carbons (Fsp3) is 0.857. The molecular weight excluding hydrogens is 296 g/mol. The van der Waals surface area contributed by atoms with E-state index < -0.39 is 5.66 Å². The van der Waals surface area contributed by atoms with Gasteiger partial charge in [-0.25, -0.2) is 0 Å². The van der Waals surface area contributed by atoms with Crippen molar-refractivity contribution in [2.45, 2.75) is 116 Å². The van der Waals surface area contributed by atoms with Gasteiger partial charge in [-0.15, -0.1) is 0 Å². The summed E-state index contributed by atoms with van der Waals surface area (Å²) in [5.41, 5.74) is 10.4. The Labute approximate surface area is 150 Å². The van der Waals surface area contributed by atoms with E-state index in [1.165, 1.54) is 70.6 Å². The average molecular weight is 339 g/mol. The van der Waals surface area contributed by atoms with Crippen molar-refractivity contribution in [2.24, 2.45) is 11.5 Å². The van der Waals surface area contributed by atoms with Crippen LogP contribution < -0.4 is 11.5 Å². The number of rotatable bonds is 17. The van der Waals surface area contributed by atoms with Crippen molar-refractivity contribution in [1.29, 1.82) is 0 Å². The lowest BCUT2D eigenvalue weighted by molar-refractivity contribution is -0.124. The van der Waals surface area contributed by atoms with Crippen LogP contribution in [0.4, 0.5) is 0 Å². The molecule has 0 fully saturated rings. The predicted octanol–water partition coefficient (Wildman–Crippen LogP) is 5.62. The van der Waals surface area contributed by atoms with E-state index in [-0.39, 0.29) is 5.78 Å². The SMILES string of the molecule is CCCCCCCC/C=C\CCCCCCCC(=O)C(N)(N)CC. The summed E-state index contributed by atoms with van der Waals surface area (Å²) in [7, 11) is 0. The van der Waals surface area contributed by atoms with E-state index in [0.717, 1.165) is 12.8 Å². The number of allylic oxidation sites excluding steroid dienone is 2. The monoisotopic (exact) mass is 338 g/mol. The van der Waals surface area contributed by atoms with Crippen LogP contribution in [0, 0.1) is 0 Å². The summed E-state index contributed by atoms with van der Waals surface area (Å²) < 4.78 is 0. The van der Waals surface area contributed by atoms with Crippen LogP contribution in [-0.2, 0) is 4.79 Å². The van der Waals surface area contributed by atoms with Gasteiger partial charge in [-0.2, -0.15) is 0 Å². The maximum absolute atomic E-state index is 11.8. The number of unbranched alkanes of at least 4 members (excludes halogenated alkanes) is 11. The topological polar surface area (TPSA) is 69.1 Å². The molecule has 0 aromatic rings. The van der Waals surface area contributed by atoms with E-state index >= 15 is 0 Å². The van der Waals surface area contributed by atoms with Crippen molar-refractivity contribution in [3.8, 4) is 0 Å². The van der Waals surface area contributed by atoms with Crippen molar-refractivity contribution in [3.05, 3.63) is 12.2 Å². The van der Waals surface area contributed by atoms with Crippen molar-refractivity contribution in [1.82, 2.24) is 0 Å². The smallest absolute Gasteiger partial charge is 0.166 e. The van der Waals surface area contributed by atoms with Crippen LogP contribution >= 0.6 is 0 Å². The second-order valence-electron chi connectivity index (χ2n) is 7.15. The summed E-state index contributed by atoms with van der Waals surface area (Å²) in [5, 5.41) is 0. The summed E-state index contributed by atoms with van der Waals surface area (Å²) >= 11 is 0. The quantitative estimate of drug-likeness (QED) is 0.205. The Morgan fingerprint density at radius 2 is 1.21 bits per heavy atom. The molecule has 0 aliphatic rings. The summed E-state index contributed by atoms with van der Waals surface area (Å²) in [5.74, 6) is 0.00243. The number of hydrogen-bond donors (Lipinski definition) is 2. The van der Waals surface area contributed by atoms with E-state index in [4.69, 9.17) is 11.5 Å². The van der Waals surface area contributed by atoms with Crippen LogP contribution in [0.2, 0.25) is 0 Å². The molecule has 0 bridgehead atoms. The molecule has 0 radical (unpaired) electrons. The molecule has 0 aromatic heterocycles. The maximum atomic E-state index is 11.8. The first-order chi connectivity index (χ1) is 11.5. The van der Waals surface area contributed by atoms with Gasteiger partial charge in [-0.05, 0) is 38.5 Å². The zero-order valence-corrected chi connectivity index (χ0v) is 16.3. The first-order valence-corrected chi connectivity index (χ1v) is 10.3. The molecular formula is C21H42N2O. The lowest BCUT2D eigenvalue weighted by atomic mass is 9.98. The van der Waals surface area contributed by atoms with E-state index in [1.54, 1.807) is 0 Å². The zero-order valence-electron chi connectivity index (χ0n) is 16.3. The van der Waals surface area contributed by atoms with Crippen LogP contribution in [-0.4, -0.2) is 11.4 Å². The molecule has 0 saturated carbocycles. The third kappa shape index (κ3) is 13.7. The van der Waals surface area contributed by atoms with Crippen molar-refractivity contribution in [2.75, 3.05) is 0 Å². The number of carbonyl (C=O) groups excluding carboxylic acids is 1. The van der Waals surface area contributed by atoms with Crippen LogP contribution in [0.25, 0.3) is 0 Å². The van der Waals surface area contributed by atoms with E-state index in [9.17, 15) is 4.79 Å². The summed E-state index contributed by atoms with van der Waals surface area (Å²) in [6.45, 7) is 4.12. The number of ketones is 1. The van der Waals surface area contributed by atoms with Crippen LogP contribution in [0.1, 0.15) is 110 Å². The molecule has 0 saturated heterocycles. The van der Waals surface area contributed by atoms with Gasteiger partial charge in [0.15, 0.2) is 5.78 Å². The third-order valence-electron chi connectivity index (χ3n) is 4.77. The molecule has 0 spiro atoms. The predicted molar refractivity (Wildman–Crippen MR) is 106 cm³/mol. The molecule has 0 heterocycles. The number of nitrogens with two attached hydrogens (primary N) is 2. The Balaban J connectivity index is 3.30. The van der Waals surface area contributed by atoms with E-state index in [2.05, 4.69) is 19.1 Å². The van der Waals surface area contributed by atoms with Gasteiger partial charge >= 0.3 is 0 Å². The van der Waals surface area contributed by atoms with Gasteiger partial charge in [0.1, 0.15) is 5.66 Å². The summed E-state index contributed by atoms with van der Waals surface area (Å²) in [6.07, 6.45) is 22.2. The first-order valence-electron chi connectivity index (χ1n) is 10.3. The molecule has 0 aliphatic carbocycles. The highest BCUT2D eigenvalue weighted by atomic mass is 16.1. The van der Waals surface area contributed by atoms with Gasteiger partial charge in [-0.1, -0.05) is 77.4 Å². The summed E-state index contributed by atoms with van der Waals surface area (Å²) in [4.78, 5) is 11.8. The van der Waals surface area contributed by atoms with Gasteiger partial charge in [0, 0.05) is 6.42 Å². The van der Waals surface area contributed by atoms with Gasteiger partial charge in [0.25, 0.3) is 0 Å². The van der Waals surface area contributed by atoms with Gasteiger partial charge in [0.2, 0.25) is 0 Å². The lowest BCUT2D eigenvalue weighted by Crippen LogP contribution is -2.55. The Kier molecular flexibility index (Phi) is 15.4. The van der Waals surface area contributed by atoms with Gasteiger partial charge in [-0.3, -0.25) is 4.79 Å². The Morgan fingerprint density at radius 3 is 1.71 bits per heavy atom. The average Bonchev–Trinajstić information content (AvgIpc) is 2.58. The second-order valence-corrected chi connectivity index (χ2v) is 7.15. The minimum Gasteiger partial charge on any atom is -0.307 e. The molecule has 0 rings (SSSR count). The minimum absolute atomic E-state index is 0.00243. The molecule has 3 heteroatoms. The second kappa shape index (κ2) is 15.8. The largest absolute Gasteiger partial charge is 0.307 e. The zero-order chi connectivity index (χ0) is 18.1. The fourth-order valence-corrected chi connectivity index (χ4v) is 2.79. The van der Waals surface area contributed by atoms with Gasteiger partial charge < -0.3 is 11.5 Å². The minimum atomic E-state index is -1.11. The number of hydrogen-bond acceptors (Lipinski definition) is 3. The Morgan fingerprint density at radius 1 is 0.750 bits per heavy atom. The van der Waals surface area contributed by atoms with Crippen molar-refractivity contribution >= 4 is 5.78 Å². The molecule has 0 unspecified atom stereocenters. The van der Waals surface area contributed by atoms with Crippen LogP contribution in [0.3, 0.4) is 0 Å². The van der Waals surface area contributed by atoms with Crippen LogP contribution in [0.5, 0.6) is 0 Å². The third-order valence-corrected chi connectivity index (χ3v) is 4.77. The van der Waals surface area contributed by atoms with Crippen molar-refractivity contribution in [3.63, 3.8) is 0 Å². The molecule has 0 aliphatic heterocycles. The molecule has 4 N–H and O–H groups in total. The van der Waals surface area contributed by atoms with E-state index in [1.807, 2.05) is 6.92 Å².